The minimum absolute atomic E-state index is 0.00188. The van der Waals surface area contributed by atoms with E-state index in [0.717, 1.165) is 43.4 Å². The van der Waals surface area contributed by atoms with E-state index >= 15 is 0 Å². The minimum atomic E-state index is -0.824. The number of carbonyl (C=O) groups excluding carboxylic acids is 2. The fourth-order valence-corrected chi connectivity index (χ4v) is 5.99. The number of hydrogen-bond donors (Lipinski definition) is 2. The average Bonchev–Trinajstić information content (AvgIpc) is 3.47. The first-order valence-electron chi connectivity index (χ1n) is 14.2. The molecule has 2 aromatic carbocycles. The molecule has 1 saturated heterocycles. The van der Waals surface area contributed by atoms with Crippen LogP contribution in [0.1, 0.15) is 48.2 Å². The molecule has 8 nitrogen and oxygen atoms in total. The summed E-state index contributed by atoms with van der Waals surface area (Å²) < 4.78 is 32.7. The molecule has 1 aliphatic carbocycles. The molecular formula is C31H36F2N4O4. The van der Waals surface area contributed by atoms with Crippen LogP contribution >= 0.6 is 0 Å². The van der Waals surface area contributed by atoms with Gasteiger partial charge in [-0.1, -0.05) is 48.3 Å². The highest BCUT2D eigenvalue weighted by atomic mass is 19.1. The van der Waals surface area contributed by atoms with Crippen LogP contribution in [0.15, 0.2) is 59.1 Å². The van der Waals surface area contributed by atoms with Crippen molar-refractivity contribution in [1.82, 2.24) is 20.3 Å². The van der Waals surface area contributed by atoms with E-state index in [-0.39, 0.29) is 29.0 Å². The molecule has 218 valence electrons. The minimum Gasteiger partial charge on any atom is -0.391 e. The maximum Gasteiger partial charge on any atom is 0.273 e. The van der Waals surface area contributed by atoms with Gasteiger partial charge in [0.2, 0.25) is 5.91 Å². The SMILES string of the molecule is CN(CCc1ccccc1)C(=O)[C@H]1CN([C@@H]2CCCC[C@H]2O)CC[C@@H]1NC(=O)c1cc(-c2ccc(F)cc2F)on1. The van der Waals surface area contributed by atoms with Crippen molar-refractivity contribution in [1.29, 1.82) is 0 Å². The molecule has 0 unspecified atom stereocenters. The van der Waals surface area contributed by atoms with Crippen molar-refractivity contribution in [3.05, 3.63) is 77.5 Å². The van der Waals surface area contributed by atoms with Crippen LogP contribution in [-0.2, 0) is 11.2 Å². The van der Waals surface area contributed by atoms with E-state index in [9.17, 15) is 23.5 Å². The zero-order valence-corrected chi connectivity index (χ0v) is 23.1. The molecular weight excluding hydrogens is 530 g/mol. The van der Waals surface area contributed by atoms with Crippen LogP contribution in [-0.4, -0.2) is 76.7 Å². The van der Waals surface area contributed by atoms with Crippen LogP contribution in [0.2, 0.25) is 0 Å². The lowest BCUT2D eigenvalue weighted by molar-refractivity contribution is -0.138. The molecule has 5 rings (SSSR count). The number of aliphatic hydroxyl groups is 1. The molecule has 1 saturated carbocycles. The van der Waals surface area contributed by atoms with Crippen LogP contribution in [0.4, 0.5) is 8.78 Å². The van der Waals surface area contributed by atoms with Crippen molar-refractivity contribution in [3.63, 3.8) is 0 Å². The zero-order chi connectivity index (χ0) is 28.9. The van der Waals surface area contributed by atoms with Crippen molar-refractivity contribution >= 4 is 11.8 Å². The molecule has 2 aliphatic rings. The highest BCUT2D eigenvalue weighted by Crippen LogP contribution is 2.29. The van der Waals surface area contributed by atoms with Gasteiger partial charge in [0.1, 0.15) is 11.6 Å². The Morgan fingerprint density at radius 3 is 2.63 bits per heavy atom. The number of piperidine rings is 1. The molecule has 2 heterocycles. The molecule has 2 fully saturated rings. The molecule has 3 aromatic rings. The summed E-state index contributed by atoms with van der Waals surface area (Å²) in [5.41, 5.74) is 1.06. The largest absolute Gasteiger partial charge is 0.391 e. The zero-order valence-electron chi connectivity index (χ0n) is 23.1. The Balaban J connectivity index is 1.30. The van der Waals surface area contributed by atoms with Gasteiger partial charge in [-0.2, -0.15) is 0 Å². The van der Waals surface area contributed by atoms with Crippen molar-refractivity contribution in [2.24, 2.45) is 5.92 Å². The van der Waals surface area contributed by atoms with E-state index < -0.39 is 35.6 Å². The topological polar surface area (TPSA) is 98.9 Å². The number of amides is 2. The number of rotatable bonds is 8. The maximum atomic E-state index is 14.2. The van der Waals surface area contributed by atoms with E-state index in [0.29, 0.717) is 32.5 Å². The Kier molecular flexibility index (Phi) is 9.09. The van der Waals surface area contributed by atoms with E-state index in [1.54, 1.807) is 11.9 Å². The van der Waals surface area contributed by atoms with E-state index in [1.807, 2.05) is 30.3 Å². The van der Waals surface area contributed by atoms with Crippen LogP contribution in [0, 0.1) is 17.6 Å². The third-order valence-corrected chi connectivity index (χ3v) is 8.34. The average molecular weight is 567 g/mol. The van der Waals surface area contributed by atoms with E-state index in [4.69, 9.17) is 4.52 Å². The van der Waals surface area contributed by atoms with Gasteiger partial charge in [-0.3, -0.25) is 14.5 Å². The number of carbonyl (C=O) groups is 2. The number of likely N-dealkylation sites (tertiary alicyclic amines) is 1. The molecule has 0 bridgehead atoms. The Morgan fingerprint density at radius 2 is 1.88 bits per heavy atom. The first-order chi connectivity index (χ1) is 19.8. The van der Waals surface area contributed by atoms with E-state index in [2.05, 4.69) is 15.4 Å². The standard InChI is InChI=1S/C31H36F2N4O4/c1-36(15-13-20-7-3-2-4-8-20)31(40)23-19-37(27-9-5-6-10-28(27)38)16-14-25(23)34-30(39)26-18-29(41-35-26)22-12-11-21(32)17-24(22)33/h2-4,7-8,11-12,17-18,23,25,27-28,38H,5-6,9-10,13-16,19H2,1H3,(H,34,39)/t23-,25-,27+,28+/m0/s1. The van der Waals surface area contributed by atoms with Crippen LogP contribution in [0.5, 0.6) is 0 Å². The molecule has 0 radical (unpaired) electrons. The lowest BCUT2D eigenvalue weighted by atomic mass is 9.85. The van der Waals surface area contributed by atoms with Crippen LogP contribution in [0.3, 0.4) is 0 Å². The van der Waals surface area contributed by atoms with Gasteiger partial charge in [0, 0.05) is 50.9 Å². The number of aliphatic hydroxyl groups excluding tert-OH is 1. The number of halogens is 2. The summed E-state index contributed by atoms with van der Waals surface area (Å²) in [5, 5.41) is 17.5. The molecule has 1 aliphatic heterocycles. The number of nitrogens with zero attached hydrogens (tertiary/aromatic N) is 3. The summed E-state index contributed by atoms with van der Waals surface area (Å²) in [4.78, 5) is 30.9. The highest BCUT2D eigenvalue weighted by molar-refractivity contribution is 5.94. The van der Waals surface area contributed by atoms with Gasteiger partial charge in [-0.25, -0.2) is 8.78 Å². The third-order valence-electron chi connectivity index (χ3n) is 8.34. The summed E-state index contributed by atoms with van der Waals surface area (Å²) in [6.07, 6.45) is 4.47. The Morgan fingerprint density at radius 1 is 1.10 bits per heavy atom. The van der Waals surface area contributed by atoms with Crippen molar-refractivity contribution in [2.75, 3.05) is 26.7 Å². The number of likely N-dealkylation sites (N-methyl/N-ethyl adjacent to an activating group) is 1. The number of benzene rings is 2. The predicted molar refractivity (Wildman–Crippen MR) is 149 cm³/mol. The summed E-state index contributed by atoms with van der Waals surface area (Å²) >= 11 is 0. The molecule has 0 spiro atoms. The van der Waals surface area contributed by atoms with Crippen molar-refractivity contribution < 1.29 is 28.0 Å². The first kappa shape index (κ1) is 28.9. The highest BCUT2D eigenvalue weighted by Gasteiger charge is 2.41. The quantitative estimate of drug-likeness (QED) is 0.427. The van der Waals surface area contributed by atoms with Gasteiger partial charge in [-0.05, 0) is 43.4 Å². The van der Waals surface area contributed by atoms with Gasteiger partial charge in [-0.15, -0.1) is 0 Å². The Labute approximate surface area is 238 Å². The summed E-state index contributed by atoms with van der Waals surface area (Å²) in [5.74, 6) is -2.68. The lowest BCUT2D eigenvalue weighted by Gasteiger charge is -2.45. The van der Waals surface area contributed by atoms with Crippen LogP contribution < -0.4 is 5.32 Å². The summed E-state index contributed by atoms with van der Waals surface area (Å²) in [7, 11) is 1.78. The molecule has 41 heavy (non-hydrogen) atoms. The van der Waals surface area contributed by atoms with Gasteiger partial charge in [0.05, 0.1) is 17.6 Å². The number of hydrogen-bond acceptors (Lipinski definition) is 6. The maximum absolute atomic E-state index is 14.2. The lowest BCUT2D eigenvalue weighted by Crippen LogP contribution is -2.59. The molecule has 2 N–H and O–H groups in total. The molecule has 10 heteroatoms. The second-order valence-electron chi connectivity index (χ2n) is 11.1. The fraction of sp³-hybridized carbons (Fsp3) is 0.452. The third kappa shape index (κ3) is 6.82. The summed E-state index contributed by atoms with van der Waals surface area (Å²) in [6, 6.07) is 13.8. The van der Waals surface area contributed by atoms with Crippen molar-refractivity contribution in [2.45, 2.75) is 56.7 Å². The Bertz CT molecular complexity index is 1350. The first-order valence-corrected chi connectivity index (χ1v) is 14.2. The fourth-order valence-electron chi connectivity index (χ4n) is 5.99. The van der Waals surface area contributed by atoms with Gasteiger partial charge in [0.15, 0.2) is 11.5 Å². The predicted octanol–water partition coefficient (Wildman–Crippen LogP) is 4.04. The van der Waals surface area contributed by atoms with Crippen LogP contribution in [0.25, 0.3) is 11.3 Å². The second kappa shape index (κ2) is 12.9. The van der Waals surface area contributed by atoms with Gasteiger partial charge >= 0.3 is 0 Å². The van der Waals surface area contributed by atoms with E-state index in [1.165, 1.54) is 12.1 Å². The molecule has 1 aromatic heterocycles. The number of aromatic nitrogens is 1. The molecule has 4 atom stereocenters. The van der Waals surface area contributed by atoms with Gasteiger partial charge < -0.3 is 19.8 Å². The second-order valence-corrected chi connectivity index (χ2v) is 11.1. The van der Waals surface area contributed by atoms with Gasteiger partial charge in [0.25, 0.3) is 5.91 Å². The number of nitrogens with one attached hydrogen (secondary N) is 1. The monoisotopic (exact) mass is 566 g/mol. The Hall–Kier alpha value is -3.63. The normalized spacial score (nSPS) is 23.2. The smallest absolute Gasteiger partial charge is 0.273 e. The van der Waals surface area contributed by atoms with Crippen molar-refractivity contribution in [3.8, 4) is 11.3 Å². The summed E-state index contributed by atoms with van der Waals surface area (Å²) in [6.45, 7) is 1.59. The molecule has 2 amide bonds.